The number of piperidine rings is 2. The van der Waals surface area contributed by atoms with Crippen LogP contribution >= 0.6 is 0 Å². The Morgan fingerprint density at radius 1 is 1.07 bits per heavy atom. The van der Waals surface area contributed by atoms with Crippen molar-refractivity contribution < 1.29 is 26.4 Å². The molecule has 2 aliphatic heterocycles. The highest BCUT2D eigenvalue weighted by Gasteiger charge is 2.41. The van der Waals surface area contributed by atoms with E-state index in [-0.39, 0.29) is 31.0 Å². The van der Waals surface area contributed by atoms with E-state index in [2.05, 4.69) is 6.92 Å². The van der Waals surface area contributed by atoms with Gasteiger partial charge in [-0.25, -0.2) is 8.42 Å². The number of benzene rings is 1. The predicted molar refractivity (Wildman–Crippen MR) is 103 cm³/mol. The summed E-state index contributed by atoms with van der Waals surface area (Å²) in [6, 6.07) is 4.48. The second-order valence-corrected chi connectivity index (χ2v) is 9.67. The first-order valence-corrected chi connectivity index (χ1v) is 11.6. The largest absolute Gasteiger partial charge is 0.417 e. The van der Waals surface area contributed by atoms with Gasteiger partial charge in [-0.1, -0.05) is 19.1 Å². The first kappa shape index (κ1) is 22.1. The van der Waals surface area contributed by atoms with Gasteiger partial charge in [0.05, 0.1) is 10.5 Å². The molecule has 0 aromatic heterocycles. The van der Waals surface area contributed by atoms with Gasteiger partial charge in [-0.2, -0.15) is 17.5 Å². The molecule has 1 aromatic rings. The molecule has 0 aliphatic carbocycles. The van der Waals surface area contributed by atoms with E-state index in [1.807, 2.05) is 4.90 Å². The van der Waals surface area contributed by atoms with E-state index < -0.39 is 26.7 Å². The van der Waals surface area contributed by atoms with Crippen LogP contribution in [0.1, 0.15) is 51.0 Å². The number of halogens is 3. The van der Waals surface area contributed by atoms with Crippen molar-refractivity contribution in [2.45, 2.75) is 62.6 Å². The highest BCUT2D eigenvalue weighted by Crippen LogP contribution is 2.36. The summed E-state index contributed by atoms with van der Waals surface area (Å²) < 4.78 is 66.6. The molecule has 0 radical (unpaired) electrons. The van der Waals surface area contributed by atoms with Crippen LogP contribution < -0.4 is 0 Å². The molecule has 2 heterocycles. The number of alkyl halides is 3. The van der Waals surface area contributed by atoms with Crippen molar-refractivity contribution in [1.82, 2.24) is 9.21 Å². The summed E-state index contributed by atoms with van der Waals surface area (Å²) in [5.41, 5.74) is -1.16. The fourth-order valence-corrected chi connectivity index (χ4v) is 6.04. The molecular formula is C20H27F3N2O3S. The van der Waals surface area contributed by atoms with Gasteiger partial charge in [-0.05, 0) is 50.7 Å². The molecule has 29 heavy (non-hydrogen) atoms. The van der Waals surface area contributed by atoms with Crippen molar-refractivity contribution in [3.8, 4) is 0 Å². The Morgan fingerprint density at radius 3 is 2.34 bits per heavy atom. The van der Waals surface area contributed by atoms with Crippen LogP contribution in [0.25, 0.3) is 0 Å². The lowest BCUT2D eigenvalue weighted by molar-refractivity contribution is -0.140. The fourth-order valence-electron chi connectivity index (χ4n) is 4.36. The summed E-state index contributed by atoms with van der Waals surface area (Å²) in [6.45, 7) is 2.89. The lowest BCUT2D eigenvalue weighted by Gasteiger charge is -2.39. The molecule has 0 spiro atoms. The Bertz CT molecular complexity index is 834. The molecule has 2 fully saturated rings. The lowest BCUT2D eigenvalue weighted by atomic mass is 9.92. The van der Waals surface area contributed by atoms with Crippen molar-refractivity contribution in [3.63, 3.8) is 0 Å². The van der Waals surface area contributed by atoms with Gasteiger partial charge in [0.25, 0.3) is 0 Å². The zero-order valence-electron chi connectivity index (χ0n) is 16.5. The molecule has 2 aliphatic rings. The third-order valence-corrected chi connectivity index (χ3v) is 7.95. The number of likely N-dealkylation sites (tertiary alicyclic amines) is 1. The van der Waals surface area contributed by atoms with Gasteiger partial charge in [0.2, 0.25) is 15.9 Å². The molecule has 0 saturated carbocycles. The Kier molecular flexibility index (Phi) is 6.57. The van der Waals surface area contributed by atoms with Crippen molar-refractivity contribution in [2.75, 3.05) is 19.6 Å². The van der Waals surface area contributed by atoms with Gasteiger partial charge >= 0.3 is 6.18 Å². The number of sulfonamides is 1. The van der Waals surface area contributed by atoms with Crippen LogP contribution in [0.4, 0.5) is 13.2 Å². The maximum atomic E-state index is 13.3. The maximum Gasteiger partial charge on any atom is 0.417 e. The average molecular weight is 433 g/mol. The van der Waals surface area contributed by atoms with Crippen LogP contribution in [0.3, 0.4) is 0 Å². The fraction of sp³-hybridized carbons (Fsp3) is 0.650. The summed E-state index contributed by atoms with van der Waals surface area (Å²) in [4.78, 5) is 14.1. The Labute approximate surface area is 169 Å². The minimum absolute atomic E-state index is 0.0512. The van der Waals surface area contributed by atoms with Crippen molar-refractivity contribution in [3.05, 3.63) is 29.8 Å². The van der Waals surface area contributed by atoms with Crippen LogP contribution in [0.5, 0.6) is 0 Å². The van der Waals surface area contributed by atoms with Crippen molar-refractivity contribution in [2.24, 2.45) is 5.92 Å². The highest BCUT2D eigenvalue weighted by atomic mass is 32.2. The first-order chi connectivity index (χ1) is 13.7. The normalized spacial score (nSPS) is 22.6. The van der Waals surface area contributed by atoms with E-state index in [1.54, 1.807) is 0 Å². The van der Waals surface area contributed by atoms with Crippen LogP contribution in [0.15, 0.2) is 29.2 Å². The average Bonchev–Trinajstić information content (AvgIpc) is 2.72. The molecule has 2 saturated heterocycles. The van der Waals surface area contributed by atoms with Crippen molar-refractivity contribution in [1.29, 1.82) is 0 Å². The molecule has 0 N–H and O–H groups in total. The minimum Gasteiger partial charge on any atom is -0.339 e. The Balaban J connectivity index is 1.71. The van der Waals surface area contributed by atoms with E-state index >= 15 is 0 Å². The number of rotatable bonds is 4. The number of hydrogen-bond acceptors (Lipinski definition) is 3. The molecule has 1 unspecified atom stereocenters. The van der Waals surface area contributed by atoms with Gasteiger partial charge < -0.3 is 4.90 Å². The van der Waals surface area contributed by atoms with Crippen molar-refractivity contribution >= 4 is 15.9 Å². The van der Waals surface area contributed by atoms with Crippen LogP contribution in [-0.4, -0.2) is 49.2 Å². The zero-order valence-corrected chi connectivity index (χ0v) is 17.3. The van der Waals surface area contributed by atoms with E-state index in [9.17, 15) is 26.4 Å². The van der Waals surface area contributed by atoms with E-state index in [1.165, 1.54) is 12.1 Å². The molecule has 0 bridgehead atoms. The minimum atomic E-state index is -4.75. The summed E-state index contributed by atoms with van der Waals surface area (Å²) in [6.07, 6.45) is -0.113. The highest BCUT2D eigenvalue weighted by molar-refractivity contribution is 7.89. The number of carbonyl (C=O) groups is 1. The SMILES string of the molecule is CCC1CCCCN1C(=O)C1CCN(S(=O)(=O)c2ccccc2C(F)(F)F)CC1. The van der Waals surface area contributed by atoms with Crippen LogP contribution in [0.2, 0.25) is 0 Å². The summed E-state index contributed by atoms with van der Waals surface area (Å²) in [5, 5.41) is 0. The Morgan fingerprint density at radius 2 is 1.72 bits per heavy atom. The standard InChI is InChI=1S/C20H27F3N2O3S/c1-2-16-7-5-6-12-25(16)19(26)15-10-13-24(14-11-15)29(27,28)18-9-4-3-8-17(18)20(21,22)23/h3-4,8-9,15-16H,2,5-7,10-14H2,1H3. The van der Waals surface area contributed by atoms with Gasteiger partial charge in [-0.15, -0.1) is 0 Å². The zero-order chi connectivity index (χ0) is 21.2. The molecule has 3 rings (SSSR count). The van der Waals surface area contributed by atoms with Crippen LogP contribution in [-0.2, 0) is 21.0 Å². The van der Waals surface area contributed by atoms with Gasteiger partial charge in [0, 0.05) is 31.6 Å². The van der Waals surface area contributed by atoms with Crippen LogP contribution in [0, 0.1) is 5.92 Å². The summed E-state index contributed by atoms with van der Waals surface area (Å²) in [7, 11) is -4.28. The number of hydrogen-bond donors (Lipinski definition) is 0. The topological polar surface area (TPSA) is 57.7 Å². The van der Waals surface area contributed by atoms with E-state index in [0.29, 0.717) is 12.8 Å². The lowest BCUT2D eigenvalue weighted by Crippen LogP contribution is -2.49. The molecule has 1 aromatic carbocycles. The second-order valence-electron chi connectivity index (χ2n) is 7.76. The Hall–Kier alpha value is -1.61. The van der Waals surface area contributed by atoms with Gasteiger partial charge in [0.15, 0.2) is 0 Å². The third-order valence-electron chi connectivity index (χ3n) is 5.99. The monoisotopic (exact) mass is 432 g/mol. The summed E-state index contributed by atoms with van der Waals surface area (Å²) in [5.74, 6) is -0.212. The third kappa shape index (κ3) is 4.60. The molecule has 162 valence electrons. The smallest absolute Gasteiger partial charge is 0.339 e. The summed E-state index contributed by atoms with van der Waals surface area (Å²) >= 11 is 0. The van der Waals surface area contributed by atoms with E-state index in [0.717, 1.165) is 48.7 Å². The van der Waals surface area contributed by atoms with Gasteiger partial charge in [0.1, 0.15) is 0 Å². The molecule has 9 heteroatoms. The first-order valence-electron chi connectivity index (χ1n) is 10.1. The molecule has 5 nitrogen and oxygen atoms in total. The molecule has 1 amide bonds. The molecule has 1 atom stereocenters. The quantitative estimate of drug-likeness (QED) is 0.725. The maximum absolute atomic E-state index is 13.3. The second kappa shape index (κ2) is 8.63. The van der Waals surface area contributed by atoms with Gasteiger partial charge in [-0.3, -0.25) is 4.79 Å². The predicted octanol–water partition coefficient (Wildman–Crippen LogP) is 3.90. The van der Waals surface area contributed by atoms with E-state index in [4.69, 9.17) is 0 Å². The molecular weight excluding hydrogens is 405 g/mol. The number of amides is 1. The number of carbonyl (C=O) groups excluding carboxylic acids is 1. The number of nitrogens with zero attached hydrogens (tertiary/aromatic N) is 2.